The Hall–Kier alpha value is -1.67. The third-order valence-corrected chi connectivity index (χ3v) is 9.51. The molecule has 1 fully saturated rings. The van der Waals surface area contributed by atoms with Crippen LogP contribution in [0, 0.1) is 5.92 Å². The summed E-state index contributed by atoms with van der Waals surface area (Å²) < 4.78 is 28.7. The molecule has 172 valence electrons. The molecular formula is C24H29ClN2O3S2. The number of piperidine rings is 1. The van der Waals surface area contributed by atoms with Gasteiger partial charge < -0.3 is 4.90 Å². The van der Waals surface area contributed by atoms with Gasteiger partial charge in [0.05, 0.1) is 15.8 Å². The molecule has 0 N–H and O–H groups in total. The number of carbonyl (C=O) groups excluding carboxylic acids is 1. The number of sulfonamides is 1. The zero-order valence-corrected chi connectivity index (χ0v) is 20.5. The molecule has 8 heteroatoms. The monoisotopic (exact) mass is 492 g/mol. The predicted molar refractivity (Wildman–Crippen MR) is 130 cm³/mol. The molecule has 1 amide bonds. The van der Waals surface area contributed by atoms with Gasteiger partial charge in [-0.2, -0.15) is 4.31 Å². The summed E-state index contributed by atoms with van der Waals surface area (Å²) in [6.07, 6.45) is 7.05. The van der Waals surface area contributed by atoms with Crippen molar-refractivity contribution < 1.29 is 13.2 Å². The van der Waals surface area contributed by atoms with Crippen LogP contribution in [0.5, 0.6) is 0 Å². The van der Waals surface area contributed by atoms with Gasteiger partial charge in [0, 0.05) is 30.4 Å². The molecule has 0 unspecified atom stereocenters. The van der Waals surface area contributed by atoms with E-state index in [0.29, 0.717) is 48.3 Å². The quantitative estimate of drug-likeness (QED) is 0.517. The lowest BCUT2D eigenvalue weighted by molar-refractivity contribution is -0.136. The Kier molecular flexibility index (Phi) is 7.40. The van der Waals surface area contributed by atoms with Crippen LogP contribution < -0.4 is 0 Å². The maximum Gasteiger partial charge on any atom is 0.243 e. The highest BCUT2D eigenvalue weighted by Gasteiger charge is 2.34. The van der Waals surface area contributed by atoms with Crippen molar-refractivity contribution in [1.82, 2.24) is 9.21 Å². The molecule has 2 aliphatic rings. The van der Waals surface area contributed by atoms with E-state index in [1.54, 1.807) is 17.0 Å². The van der Waals surface area contributed by atoms with Crippen molar-refractivity contribution in [2.45, 2.75) is 50.0 Å². The Morgan fingerprint density at radius 1 is 1.16 bits per heavy atom. The van der Waals surface area contributed by atoms with E-state index in [-0.39, 0.29) is 11.8 Å². The van der Waals surface area contributed by atoms with Gasteiger partial charge in [-0.05, 0) is 73.9 Å². The summed E-state index contributed by atoms with van der Waals surface area (Å²) in [5.74, 6) is -0.124. The third kappa shape index (κ3) is 5.11. The fraction of sp³-hybridized carbons (Fsp3) is 0.458. The minimum absolute atomic E-state index is 0.0558. The zero-order valence-electron chi connectivity index (χ0n) is 18.1. The van der Waals surface area contributed by atoms with Crippen LogP contribution in [0.2, 0.25) is 4.34 Å². The van der Waals surface area contributed by atoms with E-state index in [0.717, 1.165) is 29.7 Å². The summed E-state index contributed by atoms with van der Waals surface area (Å²) in [5.41, 5.74) is 2.44. The Labute approximate surface area is 199 Å². The molecule has 4 rings (SSSR count). The second-order valence-electron chi connectivity index (χ2n) is 8.53. The molecule has 5 nitrogen and oxygen atoms in total. The minimum atomic E-state index is -3.54. The molecule has 0 atom stereocenters. The number of thiophene rings is 1. The molecule has 1 aliphatic carbocycles. The Morgan fingerprint density at radius 2 is 1.88 bits per heavy atom. The number of carbonyl (C=O) groups is 1. The zero-order chi connectivity index (χ0) is 22.7. The van der Waals surface area contributed by atoms with Gasteiger partial charge in [-0.3, -0.25) is 4.79 Å². The molecule has 1 aromatic heterocycles. The fourth-order valence-corrected chi connectivity index (χ4v) is 7.26. The van der Waals surface area contributed by atoms with E-state index in [1.165, 1.54) is 27.6 Å². The first-order chi connectivity index (χ1) is 15.4. The average molecular weight is 493 g/mol. The first-order valence-corrected chi connectivity index (χ1v) is 13.8. The molecule has 2 heterocycles. The summed E-state index contributed by atoms with van der Waals surface area (Å²) in [6, 6.07) is 9.35. The van der Waals surface area contributed by atoms with Gasteiger partial charge in [-0.15, -0.1) is 17.9 Å². The second kappa shape index (κ2) is 10.1. The summed E-state index contributed by atoms with van der Waals surface area (Å²) in [7, 11) is -3.54. The molecule has 0 bridgehead atoms. The van der Waals surface area contributed by atoms with Gasteiger partial charge in [-0.1, -0.05) is 23.7 Å². The first kappa shape index (κ1) is 23.5. The van der Waals surface area contributed by atoms with Crippen LogP contribution in [-0.4, -0.2) is 43.2 Å². The lowest BCUT2D eigenvalue weighted by Gasteiger charge is -2.33. The number of benzene rings is 1. The number of hydrogen-bond acceptors (Lipinski definition) is 4. The van der Waals surface area contributed by atoms with Crippen LogP contribution in [0.25, 0.3) is 0 Å². The topological polar surface area (TPSA) is 57.7 Å². The minimum Gasteiger partial charge on any atom is -0.334 e. The van der Waals surface area contributed by atoms with E-state index in [9.17, 15) is 13.2 Å². The number of fused-ring (bicyclic) bond motifs is 1. The number of hydrogen-bond donors (Lipinski definition) is 0. The number of amides is 1. The van der Waals surface area contributed by atoms with Crippen LogP contribution in [-0.2, 0) is 34.2 Å². The number of halogens is 1. The summed E-state index contributed by atoms with van der Waals surface area (Å²) in [5, 5.41) is 0. The van der Waals surface area contributed by atoms with Crippen LogP contribution >= 0.6 is 22.9 Å². The molecule has 1 saturated heterocycles. The van der Waals surface area contributed by atoms with Crippen LogP contribution in [0.1, 0.15) is 41.7 Å². The van der Waals surface area contributed by atoms with E-state index >= 15 is 0 Å². The molecule has 0 spiro atoms. The molecule has 2 aromatic rings. The second-order valence-corrected chi connectivity index (χ2v) is 12.3. The first-order valence-electron chi connectivity index (χ1n) is 11.1. The van der Waals surface area contributed by atoms with Crippen LogP contribution in [0.3, 0.4) is 0 Å². The van der Waals surface area contributed by atoms with Gasteiger partial charge in [0.15, 0.2) is 0 Å². The predicted octanol–water partition coefficient (Wildman–Crippen LogP) is 4.90. The average Bonchev–Trinajstić information content (AvgIpc) is 3.22. The lowest BCUT2D eigenvalue weighted by atomic mass is 9.92. The van der Waals surface area contributed by atoms with Crippen molar-refractivity contribution in [2.24, 2.45) is 5.92 Å². The van der Waals surface area contributed by atoms with Crippen LogP contribution in [0.15, 0.2) is 47.9 Å². The van der Waals surface area contributed by atoms with Crippen LogP contribution in [0.4, 0.5) is 0 Å². The SMILES string of the molecule is C=CCN(Cc1ccc(Cl)s1)C(=O)C1CCN(S(=O)(=O)c2ccc3c(c2)CCCC3)CC1. The summed E-state index contributed by atoms with van der Waals surface area (Å²) in [4.78, 5) is 16.4. The maximum atomic E-state index is 13.2. The Balaban J connectivity index is 1.41. The molecule has 0 radical (unpaired) electrons. The van der Waals surface area contributed by atoms with Gasteiger partial charge in [0.1, 0.15) is 0 Å². The van der Waals surface area contributed by atoms with E-state index < -0.39 is 10.0 Å². The van der Waals surface area contributed by atoms with Crippen molar-refractivity contribution in [3.63, 3.8) is 0 Å². The van der Waals surface area contributed by atoms with E-state index in [4.69, 9.17) is 11.6 Å². The van der Waals surface area contributed by atoms with Crippen molar-refractivity contribution >= 4 is 38.9 Å². The van der Waals surface area contributed by atoms with Crippen molar-refractivity contribution in [3.05, 3.63) is 63.3 Å². The molecule has 1 aliphatic heterocycles. The Bertz CT molecular complexity index is 1090. The van der Waals surface area contributed by atoms with Gasteiger partial charge >= 0.3 is 0 Å². The molecular weight excluding hydrogens is 464 g/mol. The molecule has 0 saturated carbocycles. The Morgan fingerprint density at radius 3 is 2.53 bits per heavy atom. The van der Waals surface area contributed by atoms with E-state index in [1.807, 2.05) is 24.3 Å². The highest BCUT2D eigenvalue weighted by atomic mass is 35.5. The smallest absolute Gasteiger partial charge is 0.243 e. The van der Waals surface area contributed by atoms with Crippen molar-refractivity contribution in [3.8, 4) is 0 Å². The fourth-order valence-electron chi connectivity index (χ4n) is 4.63. The number of aryl methyl sites for hydroxylation is 2. The standard InChI is InChI=1S/C24H29ClN2O3S2/c1-2-13-26(17-21-8-10-23(25)31-21)24(28)19-11-14-27(15-12-19)32(29,30)22-9-7-18-5-3-4-6-20(18)16-22/h2,7-10,16,19H,1,3-6,11-15,17H2. The summed E-state index contributed by atoms with van der Waals surface area (Å²) >= 11 is 7.50. The molecule has 32 heavy (non-hydrogen) atoms. The van der Waals surface area contributed by atoms with Crippen molar-refractivity contribution in [1.29, 1.82) is 0 Å². The van der Waals surface area contributed by atoms with Gasteiger partial charge in [0.2, 0.25) is 15.9 Å². The summed E-state index contributed by atoms with van der Waals surface area (Å²) in [6.45, 7) is 5.46. The maximum absolute atomic E-state index is 13.2. The number of nitrogens with zero attached hydrogens (tertiary/aromatic N) is 2. The third-order valence-electron chi connectivity index (χ3n) is 6.40. The normalized spacial score (nSPS) is 17.7. The highest BCUT2D eigenvalue weighted by molar-refractivity contribution is 7.89. The number of rotatable bonds is 7. The van der Waals surface area contributed by atoms with Gasteiger partial charge in [0.25, 0.3) is 0 Å². The van der Waals surface area contributed by atoms with E-state index in [2.05, 4.69) is 6.58 Å². The highest BCUT2D eigenvalue weighted by Crippen LogP contribution is 2.29. The van der Waals surface area contributed by atoms with Crippen molar-refractivity contribution in [2.75, 3.05) is 19.6 Å². The lowest BCUT2D eigenvalue weighted by Crippen LogP contribution is -2.44. The van der Waals surface area contributed by atoms with Gasteiger partial charge in [-0.25, -0.2) is 8.42 Å². The molecule has 1 aromatic carbocycles. The largest absolute Gasteiger partial charge is 0.334 e.